The van der Waals surface area contributed by atoms with E-state index in [4.69, 9.17) is 9.47 Å². The predicted molar refractivity (Wildman–Crippen MR) is 111 cm³/mol. The number of nitrogens with zero attached hydrogens (tertiary/aromatic N) is 2. The third-order valence-corrected chi connectivity index (χ3v) is 5.03. The summed E-state index contributed by atoms with van der Waals surface area (Å²) in [7, 11) is 1.82. The molecule has 6 nitrogen and oxygen atoms in total. The topological polar surface area (TPSA) is 65.4 Å². The molecular weight excluding hydrogens is 366 g/mol. The Labute approximate surface area is 170 Å². The number of benzene rings is 2. The SMILES string of the molecule is C[C@@H](CNC(=O)c1cn(C)nc1-c1ccc2c(c1)OCCCO2)c1ccccc1. The lowest BCUT2D eigenvalue weighted by atomic mass is 10.0. The van der Waals surface area contributed by atoms with Crippen molar-refractivity contribution in [1.29, 1.82) is 0 Å². The molecular formula is C23H25N3O3. The van der Waals surface area contributed by atoms with Crippen LogP contribution in [0, 0.1) is 0 Å². The Bertz CT molecular complexity index is 998. The standard InChI is InChI=1S/C23H25N3O3/c1-16(17-7-4-3-5-8-17)14-24-23(27)19-15-26(2)25-22(19)18-9-10-20-21(13-18)29-12-6-11-28-20/h3-5,7-10,13,15-16H,6,11-12,14H2,1-2H3,(H,24,27)/t16-/m0/s1. The van der Waals surface area contributed by atoms with E-state index in [-0.39, 0.29) is 11.8 Å². The summed E-state index contributed by atoms with van der Waals surface area (Å²) in [6, 6.07) is 15.9. The normalized spacial score (nSPS) is 14.1. The van der Waals surface area contributed by atoms with E-state index in [0.29, 0.717) is 36.8 Å². The number of carbonyl (C=O) groups is 1. The molecule has 0 spiro atoms. The van der Waals surface area contributed by atoms with Crippen LogP contribution in [-0.2, 0) is 7.05 Å². The summed E-state index contributed by atoms with van der Waals surface area (Å²) >= 11 is 0. The average molecular weight is 391 g/mol. The lowest BCUT2D eigenvalue weighted by molar-refractivity contribution is 0.0952. The number of hydrogen-bond donors (Lipinski definition) is 1. The molecule has 3 aromatic rings. The van der Waals surface area contributed by atoms with E-state index in [1.807, 2.05) is 43.4 Å². The second-order valence-electron chi connectivity index (χ2n) is 7.30. The van der Waals surface area contributed by atoms with E-state index in [1.54, 1.807) is 10.9 Å². The summed E-state index contributed by atoms with van der Waals surface area (Å²) in [6.07, 6.45) is 2.60. The number of amides is 1. The van der Waals surface area contributed by atoms with E-state index in [2.05, 4.69) is 29.5 Å². The molecule has 6 heteroatoms. The van der Waals surface area contributed by atoms with Gasteiger partial charge in [0.1, 0.15) is 5.69 Å². The maximum Gasteiger partial charge on any atom is 0.255 e. The Kier molecular flexibility index (Phi) is 5.51. The van der Waals surface area contributed by atoms with Gasteiger partial charge in [-0.05, 0) is 29.7 Å². The summed E-state index contributed by atoms with van der Waals surface area (Å²) < 4.78 is 13.1. The Balaban J connectivity index is 1.54. The molecule has 1 aromatic heterocycles. The maximum atomic E-state index is 12.9. The fourth-order valence-corrected chi connectivity index (χ4v) is 3.42. The third kappa shape index (κ3) is 4.26. The van der Waals surface area contributed by atoms with Crippen LogP contribution in [0.2, 0.25) is 0 Å². The van der Waals surface area contributed by atoms with Gasteiger partial charge in [-0.25, -0.2) is 0 Å². The van der Waals surface area contributed by atoms with Crippen LogP contribution in [0.1, 0.15) is 35.2 Å². The number of nitrogens with one attached hydrogen (secondary N) is 1. The number of carbonyl (C=O) groups excluding carboxylic acids is 1. The van der Waals surface area contributed by atoms with E-state index in [1.165, 1.54) is 5.56 Å². The molecule has 0 unspecified atom stereocenters. The smallest absolute Gasteiger partial charge is 0.255 e. The number of rotatable bonds is 5. The molecule has 1 aliphatic heterocycles. The molecule has 1 atom stereocenters. The van der Waals surface area contributed by atoms with E-state index < -0.39 is 0 Å². The van der Waals surface area contributed by atoms with Gasteiger partial charge < -0.3 is 14.8 Å². The lowest BCUT2D eigenvalue weighted by Gasteiger charge is -2.13. The minimum atomic E-state index is -0.136. The van der Waals surface area contributed by atoms with Gasteiger partial charge >= 0.3 is 0 Å². The molecule has 150 valence electrons. The fourth-order valence-electron chi connectivity index (χ4n) is 3.42. The van der Waals surface area contributed by atoms with Crippen molar-refractivity contribution < 1.29 is 14.3 Å². The monoisotopic (exact) mass is 391 g/mol. The first-order valence-corrected chi connectivity index (χ1v) is 9.88. The van der Waals surface area contributed by atoms with Gasteiger partial charge in [0, 0.05) is 31.8 Å². The Morgan fingerprint density at radius 1 is 1.14 bits per heavy atom. The minimum absolute atomic E-state index is 0.136. The van der Waals surface area contributed by atoms with Crippen molar-refractivity contribution in [3.8, 4) is 22.8 Å². The zero-order chi connectivity index (χ0) is 20.2. The molecule has 1 aliphatic rings. The van der Waals surface area contributed by atoms with Crippen molar-refractivity contribution in [3.05, 3.63) is 65.9 Å². The highest BCUT2D eigenvalue weighted by molar-refractivity contribution is 6.00. The van der Waals surface area contributed by atoms with Gasteiger partial charge in [-0.15, -0.1) is 0 Å². The van der Waals surface area contributed by atoms with Crippen LogP contribution in [0.25, 0.3) is 11.3 Å². The van der Waals surface area contributed by atoms with Crippen molar-refractivity contribution in [2.75, 3.05) is 19.8 Å². The summed E-state index contributed by atoms with van der Waals surface area (Å²) in [5, 5.41) is 7.56. The number of ether oxygens (including phenoxy) is 2. The van der Waals surface area contributed by atoms with Crippen molar-refractivity contribution in [1.82, 2.24) is 15.1 Å². The quantitative estimate of drug-likeness (QED) is 0.719. The number of aromatic nitrogens is 2. The highest BCUT2D eigenvalue weighted by Crippen LogP contribution is 2.34. The predicted octanol–water partition coefficient (Wildman–Crippen LogP) is 3.78. The third-order valence-electron chi connectivity index (χ3n) is 5.03. The van der Waals surface area contributed by atoms with Crippen LogP contribution < -0.4 is 14.8 Å². The number of hydrogen-bond acceptors (Lipinski definition) is 4. The molecule has 2 heterocycles. The Hall–Kier alpha value is -3.28. The van der Waals surface area contributed by atoms with Crippen LogP contribution in [0.4, 0.5) is 0 Å². The van der Waals surface area contributed by atoms with Crippen molar-refractivity contribution in [2.45, 2.75) is 19.3 Å². The van der Waals surface area contributed by atoms with Crippen LogP contribution in [0.3, 0.4) is 0 Å². The average Bonchev–Trinajstić information content (AvgIpc) is 2.99. The molecule has 29 heavy (non-hydrogen) atoms. The summed E-state index contributed by atoms with van der Waals surface area (Å²) in [5.74, 6) is 1.50. The molecule has 0 radical (unpaired) electrons. The molecule has 0 saturated carbocycles. The fraction of sp³-hybridized carbons (Fsp3) is 0.304. The first-order valence-electron chi connectivity index (χ1n) is 9.88. The summed E-state index contributed by atoms with van der Waals surface area (Å²) in [4.78, 5) is 12.9. The molecule has 4 rings (SSSR count). The zero-order valence-corrected chi connectivity index (χ0v) is 16.7. The molecule has 0 bridgehead atoms. The van der Waals surface area contributed by atoms with Crippen molar-refractivity contribution in [2.24, 2.45) is 7.05 Å². The van der Waals surface area contributed by atoms with E-state index in [0.717, 1.165) is 17.7 Å². The molecule has 0 aliphatic carbocycles. The molecule has 0 fully saturated rings. The van der Waals surface area contributed by atoms with Crippen LogP contribution >= 0.6 is 0 Å². The van der Waals surface area contributed by atoms with Crippen LogP contribution in [-0.4, -0.2) is 35.4 Å². The molecule has 1 amide bonds. The first-order chi connectivity index (χ1) is 14.1. The highest BCUT2D eigenvalue weighted by Gasteiger charge is 2.20. The molecule has 2 aromatic carbocycles. The Morgan fingerprint density at radius 2 is 1.90 bits per heavy atom. The van der Waals surface area contributed by atoms with Crippen LogP contribution in [0.5, 0.6) is 11.5 Å². The van der Waals surface area contributed by atoms with E-state index >= 15 is 0 Å². The highest BCUT2D eigenvalue weighted by atomic mass is 16.5. The summed E-state index contributed by atoms with van der Waals surface area (Å²) in [5.41, 5.74) is 3.20. The zero-order valence-electron chi connectivity index (χ0n) is 16.7. The number of aryl methyl sites for hydroxylation is 1. The maximum absolute atomic E-state index is 12.9. The first kappa shape index (κ1) is 19.1. The minimum Gasteiger partial charge on any atom is -0.490 e. The molecule has 1 N–H and O–H groups in total. The van der Waals surface area contributed by atoms with Gasteiger partial charge in [0.05, 0.1) is 18.8 Å². The van der Waals surface area contributed by atoms with Gasteiger partial charge in [-0.1, -0.05) is 37.3 Å². The van der Waals surface area contributed by atoms with Gasteiger partial charge in [0.15, 0.2) is 11.5 Å². The van der Waals surface area contributed by atoms with E-state index in [9.17, 15) is 4.79 Å². The van der Waals surface area contributed by atoms with Crippen molar-refractivity contribution in [3.63, 3.8) is 0 Å². The van der Waals surface area contributed by atoms with Crippen LogP contribution in [0.15, 0.2) is 54.7 Å². The van der Waals surface area contributed by atoms with Gasteiger partial charge in [0.2, 0.25) is 0 Å². The molecule has 0 saturated heterocycles. The van der Waals surface area contributed by atoms with Crippen molar-refractivity contribution >= 4 is 5.91 Å². The van der Waals surface area contributed by atoms with Gasteiger partial charge in [-0.2, -0.15) is 5.10 Å². The second-order valence-corrected chi connectivity index (χ2v) is 7.30. The van der Waals surface area contributed by atoms with Gasteiger partial charge in [-0.3, -0.25) is 9.48 Å². The van der Waals surface area contributed by atoms with Gasteiger partial charge in [0.25, 0.3) is 5.91 Å². The Morgan fingerprint density at radius 3 is 2.69 bits per heavy atom. The summed E-state index contributed by atoms with van der Waals surface area (Å²) in [6.45, 7) is 3.91. The number of fused-ring (bicyclic) bond motifs is 1. The largest absolute Gasteiger partial charge is 0.490 e. The second kappa shape index (κ2) is 8.39. The lowest BCUT2D eigenvalue weighted by Crippen LogP contribution is -2.27.